The van der Waals surface area contributed by atoms with Gasteiger partial charge < -0.3 is 14.8 Å². The molecule has 1 spiro atoms. The summed E-state index contributed by atoms with van der Waals surface area (Å²) in [6.07, 6.45) is 4.52. The maximum Gasteiger partial charge on any atom is 0.222 e. The molecule has 6 nitrogen and oxygen atoms in total. The van der Waals surface area contributed by atoms with Gasteiger partial charge in [0.15, 0.2) is 0 Å². The van der Waals surface area contributed by atoms with Gasteiger partial charge in [-0.15, -0.1) is 11.3 Å². The molecule has 0 saturated carbocycles. The van der Waals surface area contributed by atoms with Gasteiger partial charge in [0.2, 0.25) is 5.95 Å². The monoisotopic (exact) mass is 374 g/mol. The molecule has 0 unspecified atom stereocenters. The van der Waals surface area contributed by atoms with Crippen LogP contribution in [-0.4, -0.2) is 59.9 Å². The number of anilines is 1. The quantitative estimate of drug-likeness (QED) is 0.868. The smallest absolute Gasteiger partial charge is 0.222 e. The summed E-state index contributed by atoms with van der Waals surface area (Å²) in [4.78, 5) is 13.7. The second-order valence-corrected chi connectivity index (χ2v) is 8.67. The van der Waals surface area contributed by atoms with Gasteiger partial charge in [-0.05, 0) is 31.5 Å². The van der Waals surface area contributed by atoms with E-state index in [9.17, 15) is 0 Å². The molecule has 0 bridgehead atoms. The van der Waals surface area contributed by atoms with Gasteiger partial charge in [-0.25, -0.2) is 9.97 Å². The van der Waals surface area contributed by atoms with E-state index in [4.69, 9.17) is 9.47 Å². The second kappa shape index (κ2) is 8.00. The first-order valence-corrected chi connectivity index (χ1v) is 10.0. The van der Waals surface area contributed by atoms with E-state index in [-0.39, 0.29) is 5.60 Å². The minimum Gasteiger partial charge on any atom is -0.377 e. The van der Waals surface area contributed by atoms with Crippen LogP contribution in [0.5, 0.6) is 0 Å². The van der Waals surface area contributed by atoms with Crippen molar-refractivity contribution in [2.75, 3.05) is 44.8 Å². The average Bonchev–Trinajstić information content (AvgIpc) is 3.18. The number of aromatic nitrogens is 2. The number of rotatable bonds is 5. The van der Waals surface area contributed by atoms with Crippen molar-refractivity contribution in [2.45, 2.75) is 25.5 Å². The van der Waals surface area contributed by atoms with Gasteiger partial charge in [0, 0.05) is 54.2 Å². The SMILES string of the molecule is Cc1ccc(CN2CCOC[C@]3(C[C@H](CNc4ncccn4)CO3)C2)s1. The predicted octanol–water partition coefficient (Wildman–Crippen LogP) is 2.57. The molecule has 0 aliphatic carbocycles. The Labute approximate surface area is 158 Å². The summed E-state index contributed by atoms with van der Waals surface area (Å²) in [5, 5.41) is 3.32. The van der Waals surface area contributed by atoms with E-state index in [0.717, 1.165) is 45.8 Å². The minimum atomic E-state index is -0.188. The third kappa shape index (κ3) is 4.40. The van der Waals surface area contributed by atoms with Crippen molar-refractivity contribution in [1.82, 2.24) is 14.9 Å². The molecular formula is C19H26N4O2S. The largest absolute Gasteiger partial charge is 0.377 e. The molecule has 0 aromatic carbocycles. The van der Waals surface area contributed by atoms with Crippen molar-refractivity contribution < 1.29 is 9.47 Å². The summed E-state index contributed by atoms with van der Waals surface area (Å²) in [5.41, 5.74) is -0.188. The van der Waals surface area contributed by atoms with Crippen molar-refractivity contribution in [2.24, 2.45) is 5.92 Å². The minimum absolute atomic E-state index is 0.188. The molecular weight excluding hydrogens is 348 g/mol. The molecule has 1 N–H and O–H groups in total. The summed E-state index contributed by atoms with van der Waals surface area (Å²) in [7, 11) is 0. The Balaban J connectivity index is 1.34. The zero-order chi connectivity index (χ0) is 17.8. The Bertz CT molecular complexity index is 711. The van der Waals surface area contributed by atoms with Crippen LogP contribution in [0.1, 0.15) is 16.2 Å². The van der Waals surface area contributed by atoms with E-state index in [1.165, 1.54) is 9.75 Å². The summed E-state index contributed by atoms with van der Waals surface area (Å²) in [5.74, 6) is 1.13. The molecule has 0 amide bonds. The van der Waals surface area contributed by atoms with Crippen LogP contribution in [0.25, 0.3) is 0 Å². The van der Waals surface area contributed by atoms with Crippen molar-refractivity contribution in [3.8, 4) is 0 Å². The van der Waals surface area contributed by atoms with Gasteiger partial charge in [0.1, 0.15) is 5.60 Å². The van der Waals surface area contributed by atoms with Crippen LogP contribution >= 0.6 is 11.3 Å². The number of nitrogens with zero attached hydrogens (tertiary/aromatic N) is 3. The fourth-order valence-corrected chi connectivity index (χ4v) is 4.75. The van der Waals surface area contributed by atoms with Crippen LogP contribution in [0.2, 0.25) is 0 Å². The van der Waals surface area contributed by atoms with Crippen LogP contribution < -0.4 is 5.32 Å². The van der Waals surface area contributed by atoms with Gasteiger partial charge in [0.05, 0.1) is 19.8 Å². The summed E-state index contributed by atoms with van der Waals surface area (Å²) in [6.45, 7) is 8.08. The Morgan fingerprint density at radius 1 is 1.35 bits per heavy atom. The second-order valence-electron chi connectivity index (χ2n) is 7.29. The highest BCUT2D eigenvalue weighted by Crippen LogP contribution is 2.33. The van der Waals surface area contributed by atoms with Crippen LogP contribution in [-0.2, 0) is 16.0 Å². The molecule has 2 aliphatic rings. The lowest BCUT2D eigenvalue weighted by molar-refractivity contribution is -0.0561. The molecule has 2 saturated heterocycles. The van der Waals surface area contributed by atoms with Gasteiger partial charge in [-0.2, -0.15) is 0 Å². The average molecular weight is 375 g/mol. The first-order chi connectivity index (χ1) is 12.7. The van der Waals surface area contributed by atoms with Crippen molar-refractivity contribution in [3.63, 3.8) is 0 Å². The fraction of sp³-hybridized carbons (Fsp3) is 0.579. The Hall–Kier alpha value is -1.54. The zero-order valence-electron chi connectivity index (χ0n) is 15.2. The molecule has 2 aromatic rings. The van der Waals surface area contributed by atoms with Crippen molar-refractivity contribution in [1.29, 1.82) is 0 Å². The lowest BCUT2D eigenvalue weighted by atomic mass is 9.94. The molecule has 7 heteroatoms. The fourth-order valence-electron chi connectivity index (χ4n) is 3.82. The number of hydrogen-bond donors (Lipinski definition) is 1. The zero-order valence-corrected chi connectivity index (χ0v) is 16.0. The molecule has 2 aromatic heterocycles. The molecule has 140 valence electrons. The number of ether oxygens (including phenoxy) is 2. The lowest BCUT2D eigenvalue weighted by Gasteiger charge is -2.31. The highest BCUT2D eigenvalue weighted by Gasteiger charge is 2.43. The molecule has 26 heavy (non-hydrogen) atoms. The molecule has 0 radical (unpaired) electrons. The Morgan fingerprint density at radius 3 is 3.04 bits per heavy atom. The van der Waals surface area contributed by atoms with Crippen LogP contribution in [0, 0.1) is 12.8 Å². The van der Waals surface area contributed by atoms with Gasteiger partial charge in [0.25, 0.3) is 0 Å². The Kier molecular flexibility index (Phi) is 5.49. The summed E-state index contributed by atoms with van der Waals surface area (Å²) in [6, 6.07) is 6.26. The van der Waals surface area contributed by atoms with Crippen LogP contribution in [0.15, 0.2) is 30.6 Å². The number of hydrogen-bond acceptors (Lipinski definition) is 7. The van der Waals surface area contributed by atoms with Crippen molar-refractivity contribution in [3.05, 3.63) is 40.3 Å². The van der Waals surface area contributed by atoms with Crippen LogP contribution in [0.3, 0.4) is 0 Å². The van der Waals surface area contributed by atoms with E-state index < -0.39 is 0 Å². The first kappa shape index (κ1) is 17.9. The number of thiophene rings is 1. The summed E-state index contributed by atoms with van der Waals surface area (Å²) >= 11 is 1.88. The third-order valence-corrected chi connectivity index (χ3v) is 5.99. The summed E-state index contributed by atoms with van der Waals surface area (Å²) < 4.78 is 12.2. The maximum absolute atomic E-state index is 6.29. The van der Waals surface area contributed by atoms with Gasteiger partial charge in [-0.1, -0.05) is 0 Å². The topological polar surface area (TPSA) is 59.5 Å². The van der Waals surface area contributed by atoms with E-state index in [2.05, 4.69) is 39.2 Å². The van der Waals surface area contributed by atoms with Gasteiger partial charge >= 0.3 is 0 Å². The Morgan fingerprint density at radius 2 is 2.23 bits per heavy atom. The highest BCUT2D eigenvalue weighted by molar-refractivity contribution is 7.11. The molecule has 2 atom stereocenters. The van der Waals surface area contributed by atoms with Crippen LogP contribution in [0.4, 0.5) is 5.95 Å². The van der Waals surface area contributed by atoms with E-state index in [1.807, 2.05) is 17.4 Å². The number of aryl methyl sites for hydroxylation is 1. The molecule has 4 heterocycles. The normalized spacial score (nSPS) is 26.9. The lowest BCUT2D eigenvalue weighted by Crippen LogP contribution is -2.43. The maximum atomic E-state index is 6.29. The predicted molar refractivity (Wildman–Crippen MR) is 102 cm³/mol. The van der Waals surface area contributed by atoms with E-state index >= 15 is 0 Å². The first-order valence-electron chi connectivity index (χ1n) is 9.21. The van der Waals surface area contributed by atoms with E-state index in [0.29, 0.717) is 18.5 Å². The molecule has 2 fully saturated rings. The van der Waals surface area contributed by atoms with Gasteiger partial charge in [-0.3, -0.25) is 4.90 Å². The standard InChI is InChI=1S/C19H26N4O2S/c1-15-3-4-17(26-15)11-23-7-8-24-14-19(13-23)9-16(12-25-19)10-22-18-20-5-2-6-21-18/h2-6,16H,7-14H2,1H3,(H,20,21,22)/t16-,19+/m1/s1. The van der Waals surface area contributed by atoms with E-state index in [1.54, 1.807) is 12.4 Å². The molecule has 4 rings (SSSR count). The molecule has 2 aliphatic heterocycles. The highest BCUT2D eigenvalue weighted by atomic mass is 32.1. The van der Waals surface area contributed by atoms with Crippen molar-refractivity contribution >= 4 is 17.3 Å². The third-order valence-electron chi connectivity index (χ3n) is 5.00. The number of nitrogens with one attached hydrogen (secondary N) is 1.